The summed E-state index contributed by atoms with van der Waals surface area (Å²) < 4.78 is 6.54. The van der Waals surface area contributed by atoms with Gasteiger partial charge in [-0.1, -0.05) is 6.07 Å². The average Bonchev–Trinajstić information content (AvgIpc) is 2.28. The Morgan fingerprint density at radius 2 is 2.06 bits per heavy atom. The maximum atomic E-state index is 11.7. The highest BCUT2D eigenvalue weighted by Crippen LogP contribution is 2.14. The number of hydrogen-bond acceptors (Lipinski definition) is 2. The van der Waals surface area contributed by atoms with Crippen LogP contribution < -0.4 is 4.74 Å². The first kappa shape index (κ1) is 13.3. The molecule has 0 saturated carbocycles. The Balaban J connectivity index is 2.48. The van der Waals surface area contributed by atoms with Crippen molar-refractivity contribution in [1.29, 1.82) is 0 Å². The molecule has 3 nitrogen and oxygen atoms in total. The van der Waals surface area contributed by atoms with E-state index in [1.165, 1.54) is 0 Å². The number of hydrogen-bond donors (Lipinski definition) is 0. The molecule has 1 amide bonds. The molecule has 0 aliphatic carbocycles. The third-order valence-corrected chi connectivity index (χ3v) is 2.95. The van der Waals surface area contributed by atoms with E-state index in [0.717, 1.165) is 22.4 Å². The number of carbonyl (C=O) groups excluding carboxylic acids is 1. The van der Waals surface area contributed by atoms with Crippen molar-refractivity contribution in [3.05, 3.63) is 27.8 Å². The van der Waals surface area contributed by atoms with Crippen molar-refractivity contribution in [1.82, 2.24) is 4.90 Å². The van der Waals surface area contributed by atoms with Gasteiger partial charge in [0.1, 0.15) is 5.75 Å². The zero-order valence-electron chi connectivity index (χ0n) is 9.57. The molecule has 0 bridgehead atoms. The molecule has 0 spiro atoms. The normalized spacial score (nSPS) is 9.94. The summed E-state index contributed by atoms with van der Waals surface area (Å²) in [4.78, 5) is 13.4. The van der Waals surface area contributed by atoms with Crippen LogP contribution in [-0.4, -0.2) is 30.5 Å². The van der Waals surface area contributed by atoms with Gasteiger partial charge in [-0.2, -0.15) is 0 Å². The fourth-order valence-electron chi connectivity index (χ4n) is 1.37. The lowest BCUT2D eigenvalue weighted by molar-refractivity contribution is -0.132. The number of rotatable bonds is 5. The van der Waals surface area contributed by atoms with E-state index in [1.807, 2.05) is 38.1 Å². The van der Waals surface area contributed by atoms with Gasteiger partial charge >= 0.3 is 0 Å². The molecule has 1 rings (SSSR count). The van der Waals surface area contributed by atoms with Crippen molar-refractivity contribution in [3.8, 4) is 5.75 Å². The third kappa shape index (κ3) is 4.00. The zero-order chi connectivity index (χ0) is 12.0. The highest BCUT2D eigenvalue weighted by molar-refractivity contribution is 14.1. The molecule has 0 heterocycles. The number of likely N-dealkylation sites (N-methyl/N-ethyl adjacent to an activating group) is 1. The van der Waals surface area contributed by atoms with Gasteiger partial charge in [0.2, 0.25) is 0 Å². The lowest BCUT2D eigenvalue weighted by Crippen LogP contribution is -2.34. The van der Waals surface area contributed by atoms with Gasteiger partial charge in [0, 0.05) is 16.7 Å². The van der Waals surface area contributed by atoms with E-state index in [2.05, 4.69) is 22.6 Å². The first-order valence-electron chi connectivity index (χ1n) is 5.33. The first-order chi connectivity index (χ1) is 7.67. The number of ether oxygens (including phenoxy) is 1. The molecule has 16 heavy (non-hydrogen) atoms. The summed E-state index contributed by atoms with van der Waals surface area (Å²) in [5, 5.41) is 0. The summed E-state index contributed by atoms with van der Waals surface area (Å²) in [7, 11) is 0. The van der Waals surface area contributed by atoms with Crippen LogP contribution in [0, 0.1) is 3.57 Å². The highest BCUT2D eigenvalue weighted by atomic mass is 127. The van der Waals surface area contributed by atoms with Gasteiger partial charge in [0.15, 0.2) is 6.61 Å². The summed E-state index contributed by atoms with van der Waals surface area (Å²) in [6, 6.07) is 7.67. The Morgan fingerprint density at radius 3 is 2.62 bits per heavy atom. The number of carbonyl (C=O) groups is 1. The van der Waals surface area contributed by atoms with Crippen molar-refractivity contribution in [3.63, 3.8) is 0 Å². The molecular weight excluding hydrogens is 317 g/mol. The minimum Gasteiger partial charge on any atom is -0.484 e. The highest BCUT2D eigenvalue weighted by Gasteiger charge is 2.09. The second-order valence-corrected chi connectivity index (χ2v) is 4.56. The molecule has 4 heteroatoms. The molecule has 1 aromatic carbocycles. The van der Waals surface area contributed by atoms with Gasteiger partial charge < -0.3 is 9.64 Å². The van der Waals surface area contributed by atoms with E-state index in [0.29, 0.717) is 0 Å². The first-order valence-corrected chi connectivity index (χ1v) is 6.41. The van der Waals surface area contributed by atoms with Gasteiger partial charge in [-0.25, -0.2) is 0 Å². The second-order valence-electron chi connectivity index (χ2n) is 3.31. The molecule has 0 aromatic heterocycles. The topological polar surface area (TPSA) is 29.5 Å². The van der Waals surface area contributed by atoms with Crippen molar-refractivity contribution in [2.45, 2.75) is 13.8 Å². The summed E-state index contributed by atoms with van der Waals surface area (Å²) in [6.45, 7) is 5.50. The van der Waals surface area contributed by atoms with E-state index in [1.54, 1.807) is 4.90 Å². The minimum atomic E-state index is 0.0314. The Hall–Kier alpha value is -0.780. The minimum absolute atomic E-state index is 0.0314. The molecule has 0 radical (unpaired) electrons. The summed E-state index contributed by atoms with van der Waals surface area (Å²) in [5.74, 6) is 0.774. The maximum Gasteiger partial charge on any atom is 0.260 e. The second kappa shape index (κ2) is 6.73. The van der Waals surface area contributed by atoms with Crippen molar-refractivity contribution < 1.29 is 9.53 Å². The van der Waals surface area contributed by atoms with Gasteiger partial charge in [-0.15, -0.1) is 0 Å². The molecule has 0 fully saturated rings. The van der Waals surface area contributed by atoms with E-state index in [-0.39, 0.29) is 12.5 Å². The molecule has 0 aliphatic heterocycles. The molecule has 1 aromatic rings. The van der Waals surface area contributed by atoms with Crippen LogP contribution in [-0.2, 0) is 4.79 Å². The predicted molar refractivity (Wildman–Crippen MR) is 72.6 cm³/mol. The molecule has 88 valence electrons. The van der Waals surface area contributed by atoms with Crippen LogP contribution in [0.1, 0.15) is 13.8 Å². The molecule has 0 aliphatic rings. The largest absolute Gasteiger partial charge is 0.484 e. The van der Waals surface area contributed by atoms with Crippen LogP contribution in [0.25, 0.3) is 0 Å². The van der Waals surface area contributed by atoms with Crippen LogP contribution in [0.3, 0.4) is 0 Å². The quantitative estimate of drug-likeness (QED) is 0.775. The van der Waals surface area contributed by atoms with Crippen molar-refractivity contribution >= 4 is 28.5 Å². The fraction of sp³-hybridized carbons (Fsp3) is 0.417. The maximum absolute atomic E-state index is 11.7. The lowest BCUT2D eigenvalue weighted by Gasteiger charge is -2.18. The monoisotopic (exact) mass is 333 g/mol. The zero-order valence-corrected chi connectivity index (χ0v) is 11.7. The Labute approximate surface area is 110 Å². The predicted octanol–water partition coefficient (Wildman–Crippen LogP) is 2.54. The van der Waals surface area contributed by atoms with Crippen LogP contribution in [0.15, 0.2) is 24.3 Å². The Kier molecular flexibility index (Phi) is 5.59. The van der Waals surface area contributed by atoms with E-state index in [4.69, 9.17) is 4.74 Å². The Bertz CT molecular complexity index is 351. The van der Waals surface area contributed by atoms with Gasteiger partial charge in [-0.05, 0) is 54.6 Å². The third-order valence-electron chi connectivity index (χ3n) is 2.27. The molecular formula is C12H16INO2. The van der Waals surface area contributed by atoms with Gasteiger partial charge in [-0.3, -0.25) is 4.79 Å². The number of halogens is 1. The van der Waals surface area contributed by atoms with E-state index in [9.17, 15) is 4.79 Å². The van der Waals surface area contributed by atoms with Crippen molar-refractivity contribution in [2.75, 3.05) is 19.7 Å². The fourth-order valence-corrected chi connectivity index (χ4v) is 1.88. The summed E-state index contributed by atoms with van der Waals surface area (Å²) >= 11 is 2.22. The van der Waals surface area contributed by atoms with E-state index >= 15 is 0 Å². The molecule has 0 saturated heterocycles. The SMILES string of the molecule is CCN(CC)C(=O)COc1cccc(I)c1. The van der Waals surface area contributed by atoms with E-state index < -0.39 is 0 Å². The summed E-state index contributed by atoms with van der Waals surface area (Å²) in [5.41, 5.74) is 0. The molecule has 0 unspecified atom stereocenters. The van der Waals surface area contributed by atoms with Crippen molar-refractivity contribution in [2.24, 2.45) is 0 Å². The molecule has 0 N–H and O–H groups in total. The van der Waals surface area contributed by atoms with Crippen LogP contribution >= 0.6 is 22.6 Å². The van der Waals surface area contributed by atoms with Crippen LogP contribution in [0.5, 0.6) is 5.75 Å². The lowest BCUT2D eigenvalue weighted by atomic mass is 10.3. The number of benzene rings is 1. The standard InChI is InChI=1S/C12H16INO2/c1-3-14(4-2)12(15)9-16-11-7-5-6-10(13)8-11/h5-8H,3-4,9H2,1-2H3. The van der Waals surface area contributed by atoms with Crippen LogP contribution in [0.2, 0.25) is 0 Å². The number of nitrogens with zero attached hydrogens (tertiary/aromatic N) is 1. The van der Waals surface area contributed by atoms with Crippen LogP contribution in [0.4, 0.5) is 0 Å². The Morgan fingerprint density at radius 1 is 1.38 bits per heavy atom. The summed E-state index contributed by atoms with van der Waals surface area (Å²) in [6.07, 6.45) is 0. The number of amides is 1. The van der Waals surface area contributed by atoms with Gasteiger partial charge in [0.05, 0.1) is 0 Å². The average molecular weight is 333 g/mol. The molecule has 0 atom stereocenters. The smallest absolute Gasteiger partial charge is 0.260 e. The van der Waals surface area contributed by atoms with Gasteiger partial charge in [0.25, 0.3) is 5.91 Å².